The SMILES string of the molecule is C[N-]C.C[N-]C.C[N-]C.Cc1sc2ccccc2c1-c1cn(C)c(C([N-]c2c(C(C)C)cccc2C(C)C)c2c(C(C)C)cc(C(C)C)cc2C(C)C)n1.[Hf]. The summed E-state index contributed by atoms with van der Waals surface area (Å²) >= 11 is 1.85. The zero-order valence-electron chi connectivity index (χ0n) is 37.3. The Labute approximate surface area is 358 Å². The summed E-state index contributed by atoms with van der Waals surface area (Å²) in [4.78, 5) is 6.82. The summed E-state index contributed by atoms with van der Waals surface area (Å²) in [5, 5.41) is 17.6. The van der Waals surface area contributed by atoms with Gasteiger partial charge in [-0.15, -0.1) is 17.0 Å². The molecule has 5 rings (SSSR count). The maximum atomic E-state index is 5.86. The Bertz CT molecular complexity index is 1810. The molecule has 6 nitrogen and oxygen atoms in total. The molecule has 0 aliphatic heterocycles. The number of rotatable bonds is 10. The molecule has 8 heteroatoms. The number of aromatic nitrogens is 2. The molecule has 3 aromatic carbocycles. The summed E-state index contributed by atoms with van der Waals surface area (Å²) in [7, 11) is 12.7. The second-order valence-corrected chi connectivity index (χ2v) is 16.9. The van der Waals surface area contributed by atoms with E-state index < -0.39 is 0 Å². The van der Waals surface area contributed by atoms with Crippen LogP contribution in [0.1, 0.15) is 149 Å². The zero-order valence-corrected chi connectivity index (χ0v) is 41.7. The number of hydrogen-bond donors (Lipinski definition) is 0. The van der Waals surface area contributed by atoms with Gasteiger partial charge in [-0.3, -0.25) is 0 Å². The number of aryl methyl sites for hydroxylation is 2. The average Bonchev–Trinajstić information content (AvgIpc) is 3.65. The van der Waals surface area contributed by atoms with Gasteiger partial charge in [-0.1, -0.05) is 129 Å². The second-order valence-electron chi connectivity index (χ2n) is 15.7. The molecule has 0 aliphatic carbocycles. The van der Waals surface area contributed by atoms with Crippen LogP contribution < -0.4 is 0 Å². The summed E-state index contributed by atoms with van der Waals surface area (Å²) in [6, 6.07) is 20.1. The van der Waals surface area contributed by atoms with Crippen LogP contribution >= 0.6 is 11.3 Å². The first kappa shape index (κ1) is 50.4. The fourth-order valence-corrected chi connectivity index (χ4v) is 7.78. The van der Waals surface area contributed by atoms with E-state index in [0.717, 1.165) is 17.2 Å². The van der Waals surface area contributed by atoms with E-state index in [2.05, 4.69) is 165 Å². The molecule has 0 saturated heterocycles. The Morgan fingerprint density at radius 1 is 0.618 bits per heavy atom. The van der Waals surface area contributed by atoms with Gasteiger partial charge in [0.05, 0.1) is 11.5 Å². The predicted octanol–water partition coefficient (Wildman–Crippen LogP) is 14.9. The molecule has 1 atom stereocenters. The molecule has 0 spiro atoms. The van der Waals surface area contributed by atoms with Crippen molar-refractivity contribution >= 4 is 27.1 Å². The molecular weight excluding hydrogens is 859 g/mol. The molecule has 302 valence electrons. The van der Waals surface area contributed by atoms with E-state index in [0.29, 0.717) is 29.6 Å². The summed E-state index contributed by atoms with van der Waals surface area (Å²) in [6.45, 7) is 25.3. The quantitative estimate of drug-likeness (QED) is 0.129. The van der Waals surface area contributed by atoms with Crippen LogP contribution in [0.5, 0.6) is 0 Å². The minimum absolute atomic E-state index is 0. The molecular formula is C47H70HfN6S-4. The zero-order chi connectivity index (χ0) is 40.9. The van der Waals surface area contributed by atoms with Crippen molar-refractivity contribution in [2.45, 2.75) is 112 Å². The molecule has 0 amide bonds. The number of para-hydroxylation sites is 1. The molecule has 0 aliphatic rings. The van der Waals surface area contributed by atoms with Gasteiger partial charge in [-0.05, 0) is 70.9 Å². The third-order valence-electron chi connectivity index (χ3n) is 9.24. The first-order valence-corrected chi connectivity index (χ1v) is 20.3. The summed E-state index contributed by atoms with van der Waals surface area (Å²) < 4.78 is 3.55. The Kier molecular flexibility index (Phi) is 22.2. The van der Waals surface area contributed by atoms with E-state index in [1.54, 1.807) is 42.3 Å². The standard InChI is InChI=1S/C41H52N3S.3C2H6N.Hf/c1-23(2)29-20-33(26(7)8)38(34(21-29)27(9)10)40(43-39-30(24(3)4)17-15-18-31(39)25(5)6)41-42-35(22-44(41)12)37-28(11)45-36-19-14-13-16-32(36)37;3*1-3-2;/h13-27,40H,1-12H3;3*1-2H3;/q4*-1;. The van der Waals surface area contributed by atoms with Crippen LogP contribution in [-0.4, -0.2) is 51.8 Å². The molecule has 0 fully saturated rings. The maximum Gasteiger partial charge on any atom is 0.0984 e. The van der Waals surface area contributed by atoms with Crippen molar-refractivity contribution in [3.8, 4) is 11.3 Å². The fourth-order valence-electron chi connectivity index (χ4n) is 6.71. The van der Waals surface area contributed by atoms with Gasteiger partial charge >= 0.3 is 0 Å². The summed E-state index contributed by atoms with van der Waals surface area (Å²) in [5.74, 6) is 2.86. The van der Waals surface area contributed by atoms with Gasteiger partial charge in [0.25, 0.3) is 0 Å². The van der Waals surface area contributed by atoms with Crippen molar-refractivity contribution in [1.82, 2.24) is 9.55 Å². The minimum Gasteiger partial charge on any atom is -0.671 e. The maximum absolute atomic E-state index is 5.86. The van der Waals surface area contributed by atoms with E-state index in [1.165, 1.54) is 53.9 Å². The smallest absolute Gasteiger partial charge is 0.0984 e. The van der Waals surface area contributed by atoms with Crippen LogP contribution in [-0.2, 0) is 32.9 Å². The molecule has 55 heavy (non-hydrogen) atoms. The van der Waals surface area contributed by atoms with Gasteiger partial charge in [0.15, 0.2) is 0 Å². The van der Waals surface area contributed by atoms with Gasteiger partial charge in [0, 0.05) is 59.6 Å². The van der Waals surface area contributed by atoms with Crippen molar-refractivity contribution in [2.75, 3.05) is 42.3 Å². The Morgan fingerprint density at radius 2 is 1.07 bits per heavy atom. The second kappa shape index (κ2) is 24.2. The number of nitrogens with zero attached hydrogens (tertiary/aromatic N) is 6. The van der Waals surface area contributed by atoms with Gasteiger partial charge in [-0.2, -0.15) is 42.3 Å². The summed E-state index contributed by atoms with van der Waals surface area (Å²) in [6.07, 6.45) is 2.23. The van der Waals surface area contributed by atoms with Crippen molar-refractivity contribution in [3.63, 3.8) is 0 Å². The molecule has 0 N–H and O–H groups in total. The first-order chi connectivity index (χ1) is 25.5. The van der Waals surface area contributed by atoms with Crippen LogP contribution in [0.2, 0.25) is 0 Å². The third kappa shape index (κ3) is 12.9. The topological polar surface area (TPSA) is 74.2 Å². The van der Waals surface area contributed by atoms with E-state index in [4.69, 9.17) is 10.3 Å². The van der Waals surface area contributed by atoms with Crippen molar-refractivity contribution in [1.29, 1.82) is 0 Å². The van der Waals surface area contributed by atoms with Crippen LogP contribution in [0.4, 0.5) is 5.69 Å². The van der Waals surface area contributed by atoms with E-state index in [1.807, 2.05) is 11.3 Å². The van der Waals surface area contributed by atoms with Crippen LogP contribution in [0.15, 0.2) is 60.8 Å². The fraction of sp³-hybridized carbons (Fsp3) is 0.511. The van der Waals surface area contributed by atoms with Gasteiger partial charge < -0.3 is 25.8 Å². The minimum atomic E-state index is -0.248. The van der Waals surface area contributed by atoms with Crippen LogP contribution in [0.3, 0.4) is 0 Å². The Morgan fingerprint density at radius 3 is 1.51 bits per heavy atom. The van der Waals surface area contributed by atoms with Gasteiger partial charge in [0.1, 0.15) is 0 Å². The molecule has 5 aromatic rings. The van der Waals surface area contributed by atoms with E-state index >= 15 is 0 Å². The van der Waals surface area contributed by atoms with Crippen molar-refractivity contribution < 1.29 is 25.8 Å². The number of benzene rings is 3. The van der Waals surface area contributed by atoms with E-state index in [9.17, 15) is 0 Å². The Hall–Kier alpha value is -2.62. The number of hydrogen-bond acceptors (Lipinski definition) is 2. The first-order valence-electron chi connectivity index (χ1n) is 19.5. The normalized spacial score (nSPS) is 11.5. The average molecular weight is 930 g/mol. The molecule has 0 bridgehead atoms. The number of fused-ring (bicyclic) bond motifs is 1. The number of imidazole rings is 1. The number of thiophene rings is 1. The molecule has 2 aromatic heterocycles. The third-order valence-corrected chi connectivity index (χ3v) is 10.3. The van der Waals surface area contributed by atoms with Crippen LogP contribution in [0.25, 0.3) is 42.6 Å². The van der Waals surface area contributed by atoms with Crippen molar-refractivity contribution in [3.05, 3.63) is 126 Å². The Balaban J connectivity index is 0.00000138. The molecule has 2 heterocycles. The van der Waals surface area contributed by atoms with Gasteiger partial charge in [0.2, 0.25) is 0 Å². The van der Waals surface area contributed by atoms with Crippen molar-refractivity contribution in [2.24, 2.45) is 7.05 Å². The molecule has 0 radical (unpaired) electrons. The van der Waals surface area contributed by atoms with E-state index in [-0.39, 0.29) is 31.9 Å². The largest absolute Gasteiger partial charge is 0.671 e. The van der Waals surface area contributed by atoms with Gasteiger partial charge in [-0.25, -0.2) is 4.98 Å². The monoisotopic (exact) mass is 930 g/mol. The van der Waals surface area contributed by atoms with Crippen LogP contribution in [0, 0.1) is 6.92 Å². The molecule has 1 unspecified atom stereocenters. The predicted molar refractivity (Wildman–Crippen MR) is 243 cm³/mol. The molecule has 0 saturated carbocycles. The summed E-state index contributed by atoms with van der Waals surface area (Å²) in [5.41, 5.74) is 11.5.